The van der Waals surface area contributed by atoms with Crippen molar-refractivity contribution in [1.29, 1.82) is 0 Å². The molecule has 0 aliphatic carbocycles. The van der Waals surface area contributed by atoms with Crippen LogP contribution in [0.2, 0.25) is 0 Å². The molecule has 1 N–H and O–H groups in total. The molecule has 0 unspecified atom stereocenters. The minimum absolute atomic E-state index is 0.157. The molecule has 0 bridgehead atoms. The van der Waals surface area contributed by atoms with E-state index < -0.39 is 11.4 Å². The van der Waals surface area contributed by atoms with E-state index in [0.717, 1.165) is 10.0 Å². The van der Waals surface area contributed by atoms with Gasteiger partial charge in [-0.05, 0) is 30.5 Å². The summed E-state index contributed by atoms with van der Waals surface area (Å²) < 4.78 is 6.33. The number of ether oxygens (including phenoxy) is 1. The molecule has 1 amide bonds. The number of aliphatic carboxylic acids is 1. The van der Waals surface area contributed by atoms with Crippen molar-refractivity contribution in [2.45, 2.75) is 18.3 Å². The lowest BCUT2D eigenvalue weighted by atomic mass is 9.73. The molecule has 0 saturated carbocycles. The number of amides is 1. The highest BCUT2D eigenvalue weighted by Crippen LogP contribution is 2.37. The standard InChI is InChI=1S/C15H18BrNO4/c1-17(10-13(18)19)14(20)15(6-8-21-9-7-15)11-2-4-12(16)5-3-11/h2-5H,6-10H2,1H3,(H,18,19). The Labute approximate surface area is 132 Å². The highest BCUT2D eigenvalue weighted by Gasteiger charge is 2.43. The first kappa shape index (κ1) is 16.0. The van der Waals surface area contributed by atoms with Gasteiger partial charge in [-0.3, -0.25) is 9.59 Å². The minimum Gasteiger partial charge on any atom is -0.480 e. The van der Waals surface area contributed by atoms with Crippen LogP contribution < -0.4 is 0 Å². The van der Waals surface area contributed by atoms with Gasteiger partial charge in [0.2, 0.25) is 5.91 Å². The SMILES string of the molecule is CN(CC(=O)O)C(=O)C1(c2ccc(Br)cc2)CCOCC1. The Balaban J connectivity index is 2.34. The van der Waals surface area contributed by atoms with Crippen molar-refractivity contribution in [2.75, 3.05) is 26.8 Å². The third-order valence-corrected chi connectivity index (χ3v) is 4.40. The van der Waals surface area contributed by atoms with Gasteiger partial charge in [-0.15, -0.1) is 0 Å². The van der Waals surface area contributed by atoms with E-state index in [4.69, 9.17) is 9.84 Å². The fraction of sp³-hybridized carbons (Fsp3) is 0.467. The second kappa shape index (κ2) is 6.58. The summed E-state index contributed by atoms with van der Waals surface area (Å²) in [6.07, 6.45) is 1.13. The van der Waals surface area contributed by atoms with Crippen LogP contribution in [0.4, 0.5) is 0 Å². The fourth-order valence-corrected chi connectivity index (χ4v) is 3.02. The molecule has 1 aliphatic heterocycles. The molecule has 114 valence electrons. The number of carbonyl (C=O) groups is 2. The monoisotopic (exact) mass is 355 g/mol. The molecule has 21 heavy (non-hydrogen) atoms. The Bertz CT molecular complexity index is 523. The Morgan fingerprint density at radius 3 is 2.38 bits per heavy atom. The Hall–Kier alpha value is -1.40. The number of hydrogen-bond acceptors (Lipinski definition) is 3. The van der Waals surface area contributed by atoms with Crippen molar-refractivity contribution in [3.8, 4) is 0 Å². The topological polar surface area (TPSA) is 66.8 Å². The number of likely N-dealkylation sites (N-methyl/N-ethyl adjacent to an activating group) is 1. The average molecular weight is 356 g/mol. The highest BCUT2D eigenvalue weighted by atomic mass is 79.9. The van der Waals surface area contributed by atoms with E-state index in [-0.39, 0.29) is 12.5 Å². The van der Waals surface area contributed by atoms with Gasteiger partial charge in [0.1, 0.15) is 6.54 Å². The smallest absolute Gasteiger partial charge is 0.323 e. The number of nitrogens with zero attached hydrogens (tertiary/aromatic N) is 1. The zero-order valence-electron chi connectivity index (χ0n) is 11.8. The Kier molecular flexibility index (Phi) is 5.00. The third kappa shape index (κ3) is 3.44. The number of carbonyl (C=O) groups excluding carboxylic acids is 1. The summed E-state index contributed by atoms with van der Waals surface area (Å²) >= 11 is 3.39. The maximum Gasteiger partial charge on any atom is 0.323 e. The van der Waals surface area contributed by atoms with Gasteiger partial charge < -0.3 is 14.7 Å². The summed E-state index contributed by atoms with van der Waals surface area (Å²) in [5.41, 5.74) is 0.222. The number of benzene rings is 1. The number of halogens is 1. The molecule has 0 atom stereocenters. The lowest BCUT2D eigenvalue weighted by Gasteiger charge is -2.38. The summed E-state index contributed by atoms with van der Waals surface area (Å²) in [4.78, 5) is 25.0. The van der Waals surface area contributed by atoms with E-state index in [1.807, 2.05) is 24.3 Å². The predicted molar refractivity (Wildman–Crippen MR) is 81.1 cm³/mol. The van der Waals surface area contributed by atoms with Crippen LogP contribution in [0.1, 0.15) is 18.4 Å². The van der Waals surface area contributed by atoms with Gasteiger partial charge in [-0.2, -0.15) is 0 Å². The van der Waals surface area contributed by atoms with Crippen LogP contribution in [0.5, 0.6) is 0 Å². The minimum atomic E-state index is -1.01. The molecule has 1 fully saturated rings. The number of carboxylic acid groups (broad SMARTS) is 1. The van der Waals surface area contributed by atoms with Gasteiger partial charge in [-0.25, -0.2) is 0 Å². The van der Waals surface area contributed by atoms with Crippen molar-refractivity contribution in [2.24, 2.45) is 0 Å². The lowest BCUT2D eigenvalue weighted by Crippen LogP contribution is -2.49. The van der Waals surface area contributed by atoms with Crippen LogP contribution in [-0.4, -0.2) is 48.7 Å². The first-order valence-corrected chi connectivity index (χ1v) is 7.56. The van der Waals surface area contributed by atoms with E-state index in [2.05, 4.69) is 15.9 Å². The van der Waals surface area contributed by atoms with Crippen molar-refractivity contribution < 1.29 is 19.4 Å². The van der Waals surface area contributed by atoms with E-state index in [0.29, 0.717) is 26.1 Å². The van der Waals surface area contributed by atoms with Gasteiger partial charge in [0.15, 0.2) is 0 Å². The normalized spacial score (nSPS) is 17.2. The molecule has 0 aromatic heterocycles. The molecular formula is C15H18BrNO4. The molecule has 2 rings (SSSR count). The zero-order chi connectivity index (χ0) is 15.5. The molecule has 0 spiro atoms. The second-order valence-corrected chi connectivity index (χ2v) is 6.17. The van der Waals surface area contributed by atoms with Crippen LogP contribution in [0, 0.1) is 0 Å². The van der Waals surface area contributed by atoms with Gasteiger partial charge in [0.05, 0.1) is 5.41 Å². The average Bonchev–Trinajstić information content (AvgIpc) is 2.47. The van der Waals surface area contributed by atoms with Crippen LogP contribution in [0.3, 0.4) is 0 Å². The summed E-state index contributed by atoms with van der Waals surface area (Å²) in [7, 11) is 1.53. The quantitative estimate of drug-likeness (QED) is 0.897. The van der Waals surface area contributed by atoms with Crippen LogP contribution >= 0.6 is 15.9 Å². The van der Waals surface area contributed by atoms with Gasteiger partial charge in [-0.1, -0.05) is 28.1 Å². The summed E-state index contributed by atoms with van der Waals surface area (Å²) in [6.45, 7) is 0.712. The Morgan fingerprint density at radius 2 is 1.86 bits per heavy atom. The lowest BCUT2D eigenvalue weighted by molar-refractivity contribution is -0.148. The highest BCUT2D eigenvalue weighted by molar-refractivity contribution is 9.10. The van der Waals surface area contributed by atoms with Crippen molar-refractivity contribution >= 4 is 27.8 Å². The van der Waals surface area contributed by atoms with Crippen LogP contribution in [0.25, 0.3) is 0 Å². The summed E-state index contributed by atoms with van der Waals surface area (Å²) in [5.74, 6) is -1.17. The molecule has 1 aromatic rings. The number of rotatable bonds is 4. The molecule has 1 aliphatic rings. The molecule has 1 heterocycles. The largest absolute Gasteiger partial charge is 0.480 e. The van der Waals surface area contributed by atoms with Gasteiger partial charge >= 0.3 is 5.97 Å². The van der Waals surface area contributed by atoms with Gasteiger partial charge in [0, 0.05) is 24.7 Å². The van der Waals surface area contributed by atoms with E-state index >= 15 is 0 Å². The molecule has 6 heteroatoms. The Morgan fingerprint density at radius 1 is 1.29 bits per heavy atom. The summed E-state index contributed by atoms with van der Waals surface area (Å²) in [5, 5.41) is 8.90. The number of hydrogen-bond donors (Lipinski definition) is 1. The zero-order valence-corrected chi connectivity index (χ0v) is 13.4. The molecule has 0 radical (unpaired) electrons. The molecular weight excluding hydrogens is 338 g/mol. The molecule has 1 saturated heterocycles. The molecule has 1 aromatic carbocycles. The van der Waals surface area contributed by atoms with Crippen molar-refractivity contribution in [3.63, 3.8) is 0 Å². The van der Waals surface area contributed by atoms with Crippen molar-refractivity contribution in [1.82, 2.24) is 4.90 Å². The maximum atomic E-state index is 12.8. The fourth-order valence-electron chi connectivity index (χ4n) is 2.75. The van der Waals surface area contributed by atoms with Crippen LogP contribution in [0.15, 0.2) is 28.7 Å². The maximum absolute atomic E-state index is 12.8. The predicted octanol–water partition coefficient (Wildman–Crippen LogP) is 2.04. The number of carboxylic acids is 1. The third-order valence-electron chi connectivity index (χ3n) is 3.87. The first-order valence-electron chi connectivity index (χ1n) is 6.77. The van der Waals surface area contributed by atoms with Crippen LogP contribution in [-0.2, 0) is 19.7 Å². The second-order valence-electron chi connectivity index (χ2n) is 5.26. The van der Waals surface area contributed by atoms with E-state index in [1.54, 1.807) is 0 Å². The van der Waals surface area contributed by atoms with E-state index in [9.17, 15) is 9.59 Å². The van der Waals surface area contributed by atoms with Crippen molar-refractivity contribution in [3.05, 3.63) is 34.3 Å². The summed E-state index contributed by atoms with van der Waals surface area (Å²) in [6, 6.07) is 7.64. The van der Waals surface area contributed by atoms with E-state index in [1.165, 1.54) is 11.9 Å². The van der Waals surface area contributed by atoms with Gasteiger partial charge in [0.25, 0.3) is 0 Å². The first-order chi connectivity index (χ1) is 9.95. The molecule has 5 nitrogen and oxygen atoms in total.